The molecule has 0 amide bonds. The number of benzene rings is 1. The molecule has 0 radical (unpaired) electrons. The quantitative estimate of drug-likeness (QED) is 0.821. The van der Waals surface area contributed by atoms with E-state index in [1.807, 2.05) is 30.3 Å². The molecular formula is C15H19N3O4S. The molecular weight excluding hydrogens is 318 g/mol. The minimum absolute atomic E-state index is 0.0496. The van der Waals surface area contributed by atoms with Gasteiger partial charge in [0.15, 0.2) is 0 Å². The van der Waals surface area contributed by atoms with Gasteiger partial charge < -0.3 is 5.11 Å². The van der Waals surface area contributed by atoms with E-state index in [9.17, 15) is 13.2 Å². The second kappa shape index (κ2) is 6.93. The van der Waals surface area contributed by atoms with Crippen LogP contribution in [0.25, 0.3) is 0 Å². The van der Waals surface area contributed by atoms with Crippen molar-refractivity contribution in [2.24, 2.45) is 5.92 Å². The number of sulfonamides is 1. The molecule has 1 aromatic carbocycles. The van der Waals surface area contributed by atoms with Gasteiger partial charge in [-0.2, -0.15) is 9.40 Å². The Hall–Kier alpha value is -2.19. The molecule has 1 aromatic heterocycles. The molecule has 1 heterocycles. The fourth-order valence-electron chi connectivity index (χ4n) is 2.08. The minimum Gasteiger partial charge on any atom is -0.481 e. The lowest BCUT2D eigenvalue weighted by Gasteiger charge is -2.18. The Labute approximate surface area is 135 Å². The number of carboxylic acids is 1. The summed E-state index contributed by atoms with van der Waals surface area (Å²) in [6.07, 6.45) is 2.73. The molecule has 0 aliphatic carbocycles. The molecule has 1 unspecified atom stereocenters. The standard InChI is InChI=1S/C15H19N3O4S/c1-12(15(19)20)9-17(2)23(21,22)14-8-16-18(11-14)10-13-6-4-3-5-7-13/h3-8,11-12H,9-10H2,1-2H3,(H,19,20). The summed E-state index contributed by atoms with van der Waals surface area (Å²) in [6.45, 7) is 1.83. The SMILES string of the molecule is CC(CN(C)S(=O)(=O)c1cnn(Cc2ccccc2)c1)C(=O)O. The van der Waals surface area contributed by atoms with Crippen LogP contribution < -0.4 is 0 Å². The topological polar surface area (TPSA) is 92.5 Å². The fraction of sp³-hybridized carbons (Fsp3) is 0.333. The number of aromatic nitrogens is 2. The molecule has 0 aliphatic rings. The Morgan fingerprint density at radius 1 is 1.35 bits per heavy atom. The lowest BCUT2D eigenvalue weighted by molar-refractivity contribution is -0.141. The minimum atomic E-state index is -3.75. The van der Waals surface area contributed by atoms with Gasteiger partial charge in [0.1, 0.15) is 4.90 Å². The van der Waals surface area contributed by atoms with Crippen LogP contribution in [0.3, 0.4) is 0 Å². The predicted molar refractivity (Wildman–Crippen MR) is 84.4 cm³/mol. The maximum atomic E-state index is 12.4. The zero-order chi connectivity index (χ0) is 17.0. The Balaban J connectivity index is 2.13. The summed E-state index contributed by atoms with van der Waals surface area (Å²) in [5.74, 6) is -1.82. The van der Waals surface area contributed by atoms with E-state index in [1.165, 1.54) is 31.0 Å². The number of nitrogens with zero attached hydrogens (tertiary/aromatic N) is 3. The van der Waals surface area contributed by atoms with Crippen molar-refractivity contribution < 1.29 is 18.3 Å². The van der Waals surface area contributed by atoms with Gasteiger partial charge in [0.2, 0.25) is 10.0 Å². The first-order chi connectivity index (χ1) is 10.8. The predicted octanol–water partition coefficient (Wildman–Crippen LogP) is 1.27. The summed E-state index contributed by atoms with van der Waals surface area (Å²) in [5, 5.41) is 13.0. The Morgan fingerprint density at radius 3 is 2.61 bits per heavy atom. The van der Waals surface area contributed by atoms with E-state index in [-0.39, 0.29) is 11.4 Å². The van der Waals surface area contributed by atoms with E-state index in [0.29, 0.717) is 6.54 Å². The Kier molecular flexibility index (Phi) is 5.17. The summed E-state index contributed by atoms with van der Waals surface area (Å²) in [7, 11) is -2.39. The van der Waals surface area contributed by atoms with Gasteiger partial charge in [0.25, 0.3) is 0 Å². The van der Waals surface area contributed by atoms with Crippen molar-refractivity contribution in [3.63, 3.8) is 0 Å². The van der Waals surface area contributed by atoms with E-state index in [0.717, 1.165) is 9.87 Å². The van der Waals surface area contributed by atoms with Crippen LogP contribution in [0.2, 0.25) is 0 Å². The molecule has 0 saturated carbocycles. The molecule has 2 rings (SSSR count). The highest BCUT2D eigenvalue weighted by Crippen LogP contribution is 2.15. The zero-order valence-electron chi connectivity index (χ0n) is 13.0. The monoisotopic (exact) mass is 337 g/mol. The van der Waals surface area contributed by atoms with Crippen molar-refractivity contribution in [2.75, 3.05) is 13.6 Å². The molecule has 1 N–H and O–H groups in total. The number of carboxylic acid groups (broad SMARTS) is 1. The molecule has 0 saturated heterocycles. The highest BCUT2D eigenvalue weighted by Gasteiger charge is 2.26. The molecule has 0 fully saturated rings. The van der Waals surface area contributed by atoms with Crippen molar-refractivity contribution in [3.8, 4) is 0 Å². The first-order valence-electron chi connectivity index (χ1n) is 7.06. The van der Waals surface area contributed by atoms with E-state index >= 15 is 0 Å². The third-order valence-electron chi connectivity index (χ3n) is 3.46. The van der Waals surface area contributed by atoms with Crippen molar-refractivity contribution in [3.05, 3.63) is 48.3 Å². The zero-order valence-corrected chi connectivity index (χ0v) is 13.8. The number of rotatable bonds is 7. The molecule has 23 heavy (non-hydrogen) atoms. The van der Waals surface area contributed by atoms with Crippen LogP contribution in [0.15, 0.2) is 47.6 Å². The van der Waals surface area contributed by atoms with Gasteiger partial charge in [-0.05, 0) is 5.56 Å². The number of aliphatic carboxylic acids is 1. The molecule has 0 spiro atoms. The van der Waals surface area contributed by atoms with E-state index in [1.54, 1.807) is 0 Å². The second-order valence-electron chi connectivity index (χ2n) is 5.38. The van der Waals surface area contributed by atoms with Gasteiger partial charge in [0.05, 0.1) is 18.7 Å². The molecule has 2 aromatic rings. The number of hydrogen-bond donors (Lipinski definition) is 1. The van der Waals surface area contributed by atoms with E-state index in [2.05, 4.69) is 5.10 Å². The smallest absolute Gasteiger partial charge is 0.307 e. The van der Waals surface area contributed by atoms with Gasteiger partial charge in [-0.15, -0.1) is 0 Å². The van der Waals surface area contributed by atoms with Crippen molar-refractivity contribution in [1.29, 1.82) is 0 Å². The lowest BCUT2D eigenvalue weighted by Crippen LogP contribution is -2.33. The largest absolute Gasteiger partial charge is 0.481 e. The molecule has 7 nitrogen and oxygen atoms in total. The van der Waals surface area contributed by atoms with Crippen LogP contribution in [0.1, 0.15) is 12.5 Å². The molecule has 124 valence electrons. The van der Waals surface area contributed by atoms with Crippen molar-refractivity contribution in [2.45, 2.75) is 18.4 Å². The summed E-state index contributed by atoms with van der Waals surface area (Å²) < 4.78 is 27.4. The number of hydrogen-bond acceptors (Lipinski definition) is 4. The van der Waals surface area contributed by atoms with Crippen LogP contribution >= 0.6 is 0 Å². The van der Waals surface area contributed by atoms with Crippen LogP contribution in [0.5, 0.6) is 0 Å². The van der Waals surface area contributed by atoms with Crippen LogP contribution in [-0.4, -0.2) is 47.2 Å². The van der Waals surface area contributed by atoms with E-state index < -0.39 is 21.9 Å². The normalized spacial score (nSPS) is 13.2. The highest BCUT2D eigenvalue weighted by atomic mass is 32.2. The Bertz CT molecular complexity index is 771. The number of carbonyl (C=O) groups is 1. The molecule has 0 bridgehead atoms. The summed E-state index contributed by atoms with van der Waals surface area (Å²) >= 11 is 0. The van der Waals surface area contributed by atoms with Gasteiger partial charge >= 0.3 is 5.97 Å². The van der Waals surface area contributed by atoms with Crippen LogP contribution in [0.4, 0.5) is 0 Å². The average molecular weight is 337 g/mol. The first-order valence-corrected chi connectivity index (χ1v) is 8.50. The maximum Gasteiger partial charge on any atom is 0.307 e. The highest BCUT2D eigenvalue weighted by molar-refractivity contribution is 7.89. The van der Waals surface area contributed by atoms with E-state index in [4.69, 9.17) is 5.11 Å². The van der Waals surface area contributed by atoms with Crippen molar-refractivity contribution >= 4 is 16.0 Å². The van der Waals surface area contributed by atoms with Gasteiger partial charge in [0, 0.05) is 19.8 Å². The van der Waals surface area contributed by atoms with Crippen molar-refractivity contribution in [1.82, 2.24) is 14.1 Å². The Morgan fingerprint density at radius 2 is 2.00 bits per heavy atom. The third kappa shape index (κ3) is 4.17. The second-order valence-corrected chi connectivity index (χ2v) is 7.43. The average Bonchev–Trinajstić information content (AvgIpc) is 2.97. The van der Waals surface area contributed by atoms with Crippen LogP contribution in [-0.2, 0) is 21.4 Å². The molecule has 1 atom stereocenters. The lowest BCUT2D eigenvalue weighted by atomic mass is 10.2. The molecule has 0 aliphatic heterocycles. The van der Waals surface area contributed by atoms with Gasteiger partial charge in [-0.3, -0.25) is 9.48 Å². The van der Waals surface area contributed by atoms with Crippen LogP contribution in [0, 0.1) is 5.92 Å². The fourth-order valence-corrected chi connectivity index (χ4v) is 3.29. The maximum absolute atomic E-state index is 12.4. The van der Waals surface area contributed by atoms with Gasteiger partial charge in [-0.1, -0.05) is 37.3 Å². The summed E-state index contributed by atoms with van der Waals surface area (Å²) in [4.78, 5) is 10.9. The molecule has 8 heteroatoms. The first kappa shape index (κ1) is 17.2. The third-order valence-corrected chi connectivity index (χ3v) is 5.23. The summed E-state index contributed by atoms with van der Waals surface area (Å²) in [6, 6.07) is 9.56. The summed E-state index contributed by atoms with van der Waals surface area (Å²) in [5.41, 5.74) is 1.01. The van der Waals surface area contributed by atoms with Gasteiger partial charge in [-0.25, -0.2) is 8.42 Å².